The topological polar surface area (TPSA) is 72.1 Å². The molecule has 1 unspecified atom stereocenters. The van der Waals surface area contributed by atoms with Gasteiger partial charge < -0.3 is 20.5 Å². The van der Waals surface area contributed by atoms with Crippen molar-refractivity contribution in [3.63, 3.8) is 0 Å². The number of hydrogen-bond donors (Lipinski definition) is 2. The van der Waals surface area contributed by atoms with E-state index < -0.39 is 0 Å². The highest BCUT2D eigenvalue weighted by molar-refractivity contribution is 14.0. The van der Waals surface area contributed by atoms with Gasteiger partial charge in [-0.05, 0) is 56.1 Å². The van der Waals surface area contributed by atoms with Crippen LogP contribution in [0.5, 0.6) is 11.5 Å². The fraction of sp³-hybridized carbons (Fsp3) is 0.611. The highest BCUT2D eigenvalue weighted by Crippen LogP contribution is 2.24. The number of aliphatic imine (C=N–C) groups is 1. The Bertz CT molecular complexity index is 554. The molecule has 0 amide bonds. The third-order valence-corrected chi connectivity index (χ3v) is 4.57. The molecule has 1 heterocycles. The number of guanidine groups is 1. The van der Waals surface area contributed by atoms with Crippen LogP contribution in [0.1, 0.15) is 25.3 Å². The predicted molar refractivity (Wildman–Crippen MR) is 113 cm³/mol. The Hall–Kier alpha value is -1.22. The van der Waals surface area contributed by atoms with E-state index in [9.17, 15) is 0 Å². The minimum atomic E-state index is 0. The summed E-state index contributed by atoms with van der Waals surface area (Å²) in [7, 11) is 3.34. The number of nitrogens with two attached hydrogens (primary N) is 1. The maximum atomic E-state index is 5.99. The summed E-state index contributed by atoms with van der Waals surface area (Å²) in [4.78, 5) is 6.97. The molecule has 142 valence electrons. The number of rotatable bonds is 8. The molecule has 6 nitrogen and oxygen atoms in total. The van der Waals surface area contributed by atoms with Crippen LogP contribution in [-0.2, 0) is 6.42 Å². The summed E-state index contributed by atoms with van der Waals surface area (Å²) in [6, 6.07) is 6.34. The first-order valence-electron chi connectivity index (χ1n) is 8.66. The first kappa shape index (κ1) is 21.8. The molecule has 1 fully saturated rings. The second-order valence-electron chi connectivity index (χ2n) is 6.01. The third-order valence-electron chi connectivity index (χ3n) is 4.57. The van der Waals surface area contributed by atoms with Crippen LogP contribution in [0, 0.1) is 0 Å². The van der Waals surface area contributed by atoms with E-state index in [1.807, 2.05) is 18.2 Å². The van der Waals surface area contributed by atoms with Gasteiger partial charge in [0, 0.05) is 12.6 Å². The number of likely N-dealkylation sites (N-methyl/N-ethyl adjacent to an activating group) is 1. The highest BCUT2D eigenvalue weighted by atomic mass is 127. The minimum Gasteiger partial charge on any atom is -0.497 e. The van der Waals surface area contributed by atoms with Crippen LogP contribution in [0.15, 0.2) is 23.2 Å². The number of nitrogens with one attached hydrogen (secondary N) is 1. The minimum absolute atomic E-state index is 0. The van der Waals surface area contributed by atoms with Crippen LogP contribution >= 0.6 is 24.0 Å². The molecule has 0 aliphatic carbocycles. The van der Waals surface area contributed by atoms with Gasteiger partial charge in [-0.3, -0.25) is 9.89 Å². The van der Waals surface area contributed by atoms with Gasteiger partial charge in [-0.15, -0.1) is 24.0 Å². The van der Waals surface area contributed by atoms with Crippen molar-refractivity contribution in [2.75, 3.05) is 40.4 Å². The lowest BCUT2D eigenvalue weighted by Crippen LogP contribution is -2.36. The van der Waals surface area contributed by atoms with Crippen molar-refractivity contribution in [1.29, 1.82) is 0 Å². The Morgan fingerprint density at radius 3 is 2.84 bits per heavy atom. The Balaban J connectivity index is 0.00000312. The molecule has 1 saturated heterocycles. The van der Waals surface area contributed by atoms with Gasteiger partial charge in [0.25, 0.3) is 0 Å². The zero-order chi connectivity index (χ0) is 17.4. The van der Waals surface area contributed by atoms with Crippen LogP contribution in [-0.4, -0.2) is 57.3 Å². The van der Waals surface area contributed by atoms with E-state index in [1.165, 1.54) is 19.4 Å². The summed E-state index contributed by atoms with van der Waals surface area (Å²) in [5.41, 5.74) is 7.08. The number of hydrogen-bond acceptors (Lipinski definition) is 4. The zero-order valence-corrected chi connectivity index (χ0v) is 17.8. The number of methoxy groups -OCH3 is 2. The summed E-state index contributed by atoms with van der Waals surface area (Å²) in [6.07, 6.45) is 3.27. The molecule has 1 aliphatic heterocycles. The maximum absolute atomic E-state index is 5.99. The van der Waals surface area contributed by atoms with Gasteiger partial charge in [-0.1, -0.05) is 6.92 Å². The Kier molecular flexibility index (Phi) is 9.96. The fourth-order valence-electron chi connectivity index (χ4n) is 3.18. The van der Waals surface area contributed by atoms with Gasteiger partial charge in [-0.2, -0.15) is 0 Å². The van der Waals surface area contributed by atoms with Gasteiger partial charge in [0.1, 0.15) is 11.5 Å². The van der Waals surface area contributed by atoms with Crippen molar-refractivity contribution in [1.82, 2.24) is 10.2 Å². The third kappa shape index (κ3) is 6.54. The SMILES string of the molecule is CCN1CCCC1CN=C(N)NCCc1cc(OC)ccc1OC.I. The van der Waals surface area contributed by atoms with Gasteiger partial charge in [0.2, 0.25) is 0 Å². The standard InChI is InChI=1S/C18H30N4O2.HI/c1-4-22-11-5-6-15(22)13-21-18(19)20-10-9-14-12-16(23-2)7-8-17(14)24-3;/h7-8,12,15H,4-6,9-11,13H2,1-3H3,(H3,19,20,21);1H. The van der Waals surface area contributed by atoms with Crippen molar-refractivity contribution in [3.05, 3.63) is 23.8 Å². The molecular weight excluding hydrogens is 431 g/mol. The van der Waals surface area contributed by atoms with Crippen LogP contribution in [0.25, 0.3) is 0 Å². The second kappa shape index (κ2) is 11.4. The molecule has 0 spiro atoms. The second-order valence-corrected chi connectivity index (χ2v) is 6.01. The van der Waals surface area contributed by atoms with Gasteiger partial charge in [0.05, 0.1) is 20.8 Å². The van der Waals surface area contributed by atoms with Gasteiger partial charge in [0.15, 0.2) is 5.96 Å². The smallest absolute Gasteiger partial charge is 0.188 e. The summed E-state index contributed by atoms with van der Waals surface area (Å²) >= 11 is 0. The van der Waals surface area contributed by atoms with Gasteiger partial charge >= 0.3 is 0 Å². The normalized spacial score (nSPS) is 17.9. The average molecular weight is 462 g/mol. The lowest BCUT2D eigenvalue weighted by molar-refractivity contribution is 0.273. The monoisotopic (exact) mass is 462 g/mol. The number of likely N-dealkylation sites (tertiary alicyclic amines) is 1. The highest BCUT2D eigenvalue weighted by Gasteiger charge is 2.22. The Morgan fingerprint density at radius 1 is 1.36 bits per heavy atom. The summed E-state index contributed by atoms with van der Waals surface area (Å²) < 4.78 is 10.7. The van der Waals surface area contributed by atoms with Crippen molar-refractivity contribution < 1.29 is 9.47 Å². The maximum Gasteiger partial charge on any atom is 0.188 e. The quantitative estimate of drug-likeness (QED) is 0.352. The zero-order valence-electron chi connectivity index (χ0n) is 15.5. The van der Waals surface area contributed by atoms with E-state index in [0.717, 1.165) is 36.6 Å². The van der Waals surface area contributed by atoms with E-state index in [4.69, 9.17) is 15.2 Å². The molecule has 7 heteroatoms. The summed E-state index contributed by atoms with van der Waals surface area (Å²) in [5, 5.41) is 3.19. The largest absolute Gasteiger partial charge is 0.497 e. The van der Waals surface area contributed by atoms with E-state index in [2.05, 4.69) is 22.1 Å². The molecule has 2 rings (SSSR count). The Morgan fingerprint density at radius 2 is 2.16 bits per heavy atom. The van der Waals surface area contributed by atoms with Crippen molar-refractivity contribution in [3.8, 4) is 11.5 Å². The lowest BCUT2D eigenvalue weighted by atomic mass is 10.1. The molecular formula is C18H31IN4O2. The number of ether oxygens (including phenoxy) is 2. The molecule has 0 saturated carbocycles. The molecule has 1 aromatic carbocycles. The molecule has 25 heavy (non-hydrogen) atoms. The summed E-state index contributed by atoms with van der Waals surface area (Å²) in [6.45, 7) is 5.95. The van der Waals surface area contributed by atoms with E-state index >= 15 is 0 Å². The number of halogens is 1. The molecule has 3 N–H and O–H groups in total. The lowest BCUT2D eigenvalue weighted by Gasteiger charge is -2.21. The van der Waals surface area contributed by atoms with Crippen LogP contribution in [0.4, 0.5) is 0 Å². The summed E-state index contributed by atoms with van der Waals surface area (Å²) in [5.74, 6) is 2.20. The molecule has 1 atom stereocenters. The molecule has 0 radical (unpaired) electrons. The van der Waals surface area contributed by atoms with Crippen molar-refractivity contribution in [2.45, 2.75) is 32.2 Å². The number of benzene rings is 1. The molecule has 0 bridgehead atoms. The van der Waals surface area contributed by atoms with Crippen LogP contribution in [0.3, 0.4) is 0 Å². The van der Waals surface area contributed by atoms with Crippen molar-refractivity contribution >= 4 is 29.9 Å². The predicted octanol–water partition coefficient (Wildman–Crippen LogP) is 2.25. The fourth-order valence-corrected chi connectivity index (χ4v) is 3.18. The van der Waals surface area contributed by atoms with Crippen LogP contribution < -0.4 is 20.5 Å². The average Bonchev–Trinajstić information content (AvgIpc) is 3.07. The first-order chi connectivity index (χ1) is 11.7. The Labute approximate surface area is 168 Å². The van der Waals surface area contributed by atoms with Gasteiger partial charge in [-0.25, -0.2) is 0 Å². The van der Waals surface area contributed by atoms with E-state index in [1.54, 1.807) is 14.2 Å². The molecule has 0 aromatic heterocycles. The first-order valence-corrected chi connectivity index (χ1v) is 8.66. The molecule has 1 aromatic rings. The molecule has 1 aliphatic rings. The van der Waals surface area contributed by atoms with E-state index in [0.29, 0.717) is 18.5 Å². The van der Waals surface area contributed by atoms with Crippen LogP contribution in [0.2, 0.25) is 0 Å². The number of nitrogens with zero attached hydrogens (tertiary/aromatic N) is 2. The van der Waals surface area contributed by atoms with E-state index in [-0.39, 0.29) is 24.0 Å². The van der Waals surface area contributed by atoms with Crippen molar-refractivity contribution in [2.24, 2.45) is 10.7 Å².